The molecule has 0 fully saturated rings. The van der Waals surface area contributed by atoms with Gasteiger partial charge in [-0.2, -0.15) is 0 Å². The van der Waals surface area contributed by atoms with E-state index in [1.54, 1.807) is 14.2 Å². The molecule has 10 heavy (non-hydrogen) atoms. The van der Waals surface area contributed by atoms with Crippen LogP contribution in [-0.4, -0.2) is 35.6 Å². The first kappa shape index (κ1) is 10.1. The monoisotopic (exact) mass is 163 g/mol. The Balaban J connectivity index is 3.53. The van der Waals surface area contributed by atoms with Gasteiger partial charge in [-0.3, -0.25) is 0 Å². The lowest BCUT2D eigenvalue weighted by Crippen LogP contribution is -2.44. The van der Waals surface area contributed by atoms with Crippen LogP contribution in [0.2, 0.25) is 6.55 Å². The molecule has 0 aromatic carbocycles. The Labute approximate surface area is 64.4 Å². The third-order valence-electron chi connectivity index (χ3n) is 1.40. The fourth-order valence-corrected chi connectivity index (χ4v) is 2.58. The van der Waals surface area contributed by atoms with Crippen LogP contribution in [0.25, 0.3) is 0 Å². The molecule has 0 aromatic heterocycles. The fourth-order valence-electron chi connectivity index (χ4n) is 0.923. The summed E-state index contributed by atoms with van der Waals surface area (Å²) in [7, 11) is 2.34. The van der Waals surface area contributed by atoms with Crippen LogP contribution in [0.15, 0.2) is 0 Å². The molecule has 4 heteroatoms. The van der Waals surface area contributed by atoms with Crippen molar-refractivity contribution in [2.75, 3.05) is 20.8 Å². The maximum Gasteiger partial charge on any atom is 0.171 e. The maximum absolute atomic E-state index is 5.09. The first-order valence-electron chi connectivity index (χ1n) is 3.55. The van der Waals surface area contributed by atoms with E-state index in [4.69, 9.17) is 9.47 Å². The largest absolute Gasteiger partial charge is 0.358 e. The second-order valence-electron chi connectivity index (χ2n) is 2.19. The summed E-state index contributed by atoms with van der Waals surface area (Å²) in [6.07, 6.45) is 0. The summed E-state index contributed by atoms with van der Waals surface area (Å²) in [4.78, 5) is 3.34. The molecule has 0 aliphatic rings. The van der Waals surface area contributed by atoms with Crippen LogP contribution in [0.5, 0.6) is 0 Å². The number of nitrogens with one attached hydrogen (secondary N) is 1. The fraction of sp³-hybridized carbons (Fsp3) is 1.00. The highest BCUT2D eigenvalue weighted by molar-refractivity contribution is 6.55. The molecule has 1 N–H and O–H groups in total. The van der Waals surface area contributed by atoms with Crippen molar-refractivity contribution in [1.29, 1.82) is 0 Å². The Kier molecular flexibility index (Phi) is 5.91. The Morgan fingerprint density at radius 1 is 1.40 bits per heavy atom. The minimum atomic E-state index is -1.01. The third kappa shape index (κ3) is 3.31. The van der Waals surface area contributed by atoms with Crippen LogP contribution in [0.4, 0.5) is 0 Å². The van der Waals surface area contributed by atoms with E-state index in [1.807, 2.05) is 0 Å². The number of hydrogen-bond donors (Lipinski definition) is 1. The zero-order valence-corrected chi connectivity index (χ0v) is 8.33. The summed E-state index contributed by atoms with van der Waals surface area (Å²) in [5.41, 5.74) is 0. The van der Waals surface area contributed by atoms with Gasteiger partial charge in [0.15, 0.2) is 14.9 Å². The number of methoxy groups -OCH3 is 2. The second kappa shape index (κ2) is 5.85. The molecule has 0 radical (unpaired) electrons. The topological polar surface area (TPSA) is 30.5 Å². The highest BCUT2D eigenvalue weighted by Gasteiger charge is 2.15. The van der Waals surface area contributed by atoms with Gasteiger partial charge < -0.3 is 14.5 Å². The van der Waals surface area contributed by atoms with Crippen molar-refractivity contribution in [2.24, 2.45) is 0 Å². The summed E-state index contributed by atoms with van der Waals surface area (Å²) in [5, 5.41) is 0. The van der Waals surface area contributed by atoms with Crippen molar-refractivity contribution < 1.29 is 9.47 Å². The molecule has 0 saturated heterocycles. The normalized spacial score (nSPS) is 14.1. The molecule has 3 nitrogen and oxygen atoms in total. The molecule has 0 bridgehead atoms. The molecule has 62 valence electrons. The molecule has 0 saturated carbocycles. The smallest absolute Gasteiger partial charge is 0.171 e. The van der Waals surface area contributed by atoms with Crippen LogP contribution in [0.1, 0.15) is 6.92 Å². The third-order valence-corrected chi connectivity index (χ3v) is 3.81. The second-order valence-corrected chi connectivity index (χ2v) is 4.72. The molecular formula is C6H17NO2Si. The van der Waals surface area contributed by atoms with Gasteiger partial charge in [0.1, 0.15) is 0 Å². The molecule has 0 heterocycles. The van der Waals surface area contributed by atoms with E-state index in [2.05, 4.69) is 18.5 Å². The van der Waals surface area contributed by atoms with Gasteiger partial charge in [-0.15, -0.1) is 0 Å². The van der Waals surface area contributed by atoms with Gasteiger partial charge in [0.05, 0.1) is 0 Å². The summed E-state index contributed by atoms with van der Waals surface area (Å²) in [5.74, 6) is -0.0000463. The minimum Gasteiger partial charge on any atom is -0.358 e. The number of ether oxygens (including phenoxy) is 2. The van der Waals surface area contributed by atoms with E-state index in [9.17, 15) is 0 Å². The molecule has 0 aliphatic heterocycles. The lowest BCUT2D eigenvalue weighted by Gasteiger charge is -2.19. The Bertz CT molecular complexity index is 78.1. The van der Waals surface area contributed by atoms with E-state index in [1.165, 1.54) is 0 Å². The molecule has 0 spiro atoms. The van der Waals surface area contributed by atoms with E-state index in [0.29, 0.717) is 0 Å². The lowest BCUT2D eigenvalue weighted by atomic mass is 10.8. The van der Waals surface area contributed by atoms with Crippen LogP contribution < -0.4 is 4.98 Å². The number of rotatable bonds is 5. The van der Waals surface area contributed by atoms with Gasteiger partial charge in [0.25, 0.3) is 0 Å². The lowest BCUT2D eigenvalue weighted by molar-refractivity contribution is -0.0479. The van der Waals surface area contributed by atoms with Gasteiger partial charge in [0, 0.05) is 14.2 Å². The molecule has 0 amide bonds. The summed E-state index contributed by atoms with van der Waals surface area (Å²) in [6.45, 7) is 5.25. The minimum absolute atomic E-state index is 0.0000463. The van der Waals surface area contributed by atoms with Crippen molar-refractivity contribution in [2.45, 2.75) is 19.4 Å². The molecule has 0 aromatic rings. The summed E-state index contributed by atoms with van der Waals surface area (Å²) in [6, 6.07) is 0. The van der Waals surface area contributed by atoms with E-state index in [-0.39, 0.29) is 5.91 Å². The molecular weight excluding hydrogens is 146 g/mol. The van der Waals surface area contributed by atoms with E-state index >= 15 is 0 Å². The standard InChI is InChI=1S/C6H17NO2Si/c1-5-7-10(4)6(8-2)9-3/h6-7,10H,5H2,1-4H3. The predicted octanol–water partition coefficient (Wildman–Crippen LogP) is 0.108. The average molecular weight is 163 g/mol. The Morgan fingerprint density at radius 2 is 1.90 bits per heavy atom. The highest BCUT2D eigenvalue weighted by atomic mass is 28.3. The summed E-state index contributed by atoms with van der Waals surface area (Å²) >= 11 is 0. The maximum atomic E-state index is 5.09. The molecule has 0 rings (SSSR count). The van der Waals surface area contributed by atoms with Gasteiger partial charge in [-0.1, -0.05) is 13.5 Å². The Morgan fingerprint density at radius 3 is 2.20 bits per heavy atom. The van der Waals surface area contributed by atoms with Gasteiger partial charge in [-0.25, -0.2) is 0 Å². The van der Waals surface area contributed by atoms with Crippen molar-refractivity contribution in [3.05, 3.63) is 0 Å². The Hall–Kier alpha value is 0.0969. The molecule has 0 aliphatic carbocycles. The quantitative estimate of drug-likeness (QED) is 0.461. The van der Waals surface area contributed by atoms with E-state index < -0.39 is 8.96 Å². The van der Waals surface area contributed by atoms with Crippen molar-refractivity contribution >= 4 is 8.96 Å². The van der Waals surface area contributed by atoms with Gasteiger partial charge in [-0.05, 0) is 6.54 Å². The average Bonchev–Trinajstić information content (AvgIpc) is 1.91. The van der Waals surface area contributed by atoms with Crippen molar-refractivity contribution in [3.8, 4) is 0 Å². The predicted molar refractivity (Wildman–Crippen MR) is 44.5 cm³/mol. The van der Waals surface area contributed by atoms with Crippen LogP contribution in [0.3, 0.4) is 0 Å². The van der Waals surface area contributed by atoms with E-state index in [0.717, 1.165) is 6.54 Å². The first-order valence-corrected chi connectivity index (χ1v) is 5.95. The van der Waals surface area contributed by atoms with Gasteiger partial charge in [0.2, 0.25) is 0 Å². The van der Waals surface area contributed by atoms with Crippen molar-refractivity contribution in [3.63, 3.8) is 0 Å². The molecule has 1 unspecified atom stereocenters. The number of hydrogen-bond acceptors (Lipinski definition) is 3. The highest BCUT2D eigenvalue weighted by Crippen LogP contribution is 1.93. The zero-order valence-electron chi connectivity index (χ0n) is 7.18. The zero-order chi connectivity index (χ0) is 7.98. The van der Waals surface area contributed by atoms with Crippen LogP contribution >= 0.6 is 0 Å². The summed E-state index contributed by atoms with van der Waals surface area (Å²) < 4.78 is 10.2. The SMILES string of the molecule is CCN[SiH](C)C(OC)OC. The van der Waals surface area contributed by atoms with Crippen LogP contribution in [-0.2, 0) is 9.47 Å². The van der Waals surface area contributed by atoms with Gasteiger partial charge >= 0.3 is 0 Å². The van der Waals surface area contributed by atoms with Crippen LogP contribution in [0, 0.1) is 0 Å². The van der Waals surface area contributed by atoms with Crippen molar-refractivity contribution in [1.82, 2.24) is 4.98 Å². The molecule has 1 atom stereocenters. The first-order chi connectivity index (χ1) is 4.76.